The first-order valence-electron chi connectivity index (χ1n) is 7.12. The number of hydrogen-bond acceptors (Lipinski definition) is 4. The van der Waals surface area contributed by atoms with E-state index in [2.05, 4.69) is 0 Å². The molecule has 2 aromatic rings. The van der Waals surface area contributed by atoms with Crippen molar-refractivity contribution in [3.63, 3.8) is 0 Å². The second kappa shape index (κ2) is 7.97. The maximum absolute atomic E-state index is 13.4. The van der Waals surface area contributed by atoms with Crippen LogP contribution in [0.3, 0.4) is 0 Å². The van der Waals surface area contributed by atoms with Crippen molar-refractivity contribution in [3.05, 3.63) is 70.8 Å². The van der Waals surface area contributed by atoms with E-state index in [4.69, 9.17) is 10.00 Å². The summed E-state index contributed by atoms with van der Waals surface area (Å²) in [5.41, 5.74) is 0.910. The van der Waals surface area contributed by atoms with Gasteiger partial charge in [-0.1, -0.05) is 12.1 Å². The molecule has 122 valence electrons. The first-order chi connectivity index (χ1) is 11.5. The fourth-order valence-corrected chi connectivity index (χ4v) is 2.00. The van der Waals surface area contributed by atoms with E-state index in [1.165, 1.54) is 0 Å². The molecule has 2 aromatic carbocycles. The number of Topliss-reactive ketones (excluding diaryl/α,β-unsaturated/α-hetero) is 1. The summed E-state index contributed by atoms with van der Waals surface area (Å²) in [5, 5.41) is 8.69. The predicted molar refractivity (Wildman–Crippen MR) is 81.1 cm³/mol. The highest BCUT2D eigenvalue weighted by atomic mass is 19.1. The van der Waals surface area contributed by atoms with E-state index >= 15 is 0 Å². The third-order valence-corrected chi connectivity index (χ3v) is 3.29. The number of esters is 1. The van der Waals surface area contributed by atoms with Gasteiger partial charge in [-0.15, -0.1) is 0 Å². The van der Waals surface area contributed by atoms with Crippen LogP contribution in [0.25, 0.3) is 0 Å². The maximum atomic E-state index is 13.4. The number of nitrogens with zero attached hydrogens (tertiary/aromatic N) is 1. The first-order valence-corrected chi connectivity index (χ1v) is 7.12. The molecule has 0 radical (unpaired) electrons. The van der Waals surface area contributed by atoms with E-state index < -0.39 is 35.6 Å². The standard InChI is InChI=1S/C18H13F2NO3/c19-14-6-7-16(20)15(9-14)17(22)11-24-18(23)8-5-12-1-3-13(10-21)4-2-12/h1-4,6-7,9H,5,8,11H2. The minimum absolute atomic E-state index is 0.0326. The van der Waals surface area contributed by atoms with Crippen LogP contribution in [0.1, 0.15) is 27.9 Å². The Balaban J connectivity index is 1.83. The van der Waals surface area contributed by atoms with E-state index in [0.717, 1.165) is 23.8 Å². The highest BCUT2D eigenvalue weighted by Crippen LogP contribution is 2.11. The Morgan fingerprint density at radius 3 is 2.46 bits per heavy atom. The van der Waals surface area contributed by atoms with Gasteiger partial charge in [0.25, 0.3) is 0 Å². The monoisotopic (exact) mass is 329 g/mol. The molecule has 0 aliphatic heterocycles. The van der Waals surface area contributed by atoms with Crippen molar-refractivity contribution < 1.29 is 23.1 Å². The second-order valence-electron chi connectivity index (χ2n) is 5.02. The zero-order chi connectivity index (χ0) is 17.5. The number of carbonyl (C=O) groups excluding carboxylic acids is 2. The maximum Gasteiger partial charge on any atom is 0.306 e. The number of ether oxygens (including phenoxy) is 1. The van der Waals surface area contributed by atoms with E-state index in [9.17, 15) is 18.4 Å². The molecule has 0 fully saturated rings. The molecule has 0 N–H and O–H groups in total. The van der Waals surface area contributed by atoms with E-state index in [1.807, 2.05) is 6.07 Å². The molecule has 0 saturated carbocycles. The van der Waals surface area contributed by atoms with Gasteiger partial charge in [0.05, 0.1) is 17.2 Å². The normalized spacial score (nSPS) is 10.0. The van der Waals surface area contributed by atoms with Crippen LogP contribution in [0.5, 0.6) is 0 Å². The van der Waals surface area contributed by atoms with Gasteiger partial charge in [-0.3, -0.25) is 9.59 Å². The fourth-order valence-electron chi connectivity index (χ4n) is 2.00. The lowest BCUT2D eigenvalue weighted by molar-refractivity contribution is -0.142. The van der Waals surface area contributed by atoms with E-state index in [1.54, 1.807) is 24.3 Å². The SMILES string of the molecule is N#Cc1ccc(CCC(=O)OCC(=O)c2cc(F)ccc2F)cc1. The molecular weight excluding hydrogens is 316 g/mol. The van der Waals surface area contributed by atoms with Gasteiger partial charge in [0.1, 0.15) is 11.6 Å². The highest BCUT2D eigenvalue weighted by Gasteiger charge is 2.15. The van der Waals surface area contributed by atoms with Crippen LogP contribution < -0.4 is 0 Å². The van der Waals surface area contributed by atoms with E-state index in [0.29, 0.717) is 12.0 Å². The zero-order valence-electron chi connectivity index (χ0n) is 12.6. The van der Waals surface area contributed by atoms with Gasteiger partial charge in [-0.05, 0) is 42.3 Å². The smallest absolute Gasteiger partial charge is 0.306 e. The third kappa shape index (κ3) is 4.71. The Bertz CT molecular complexity index is 795. The van der Waals surface area contributed by atoms with E-state index in [-0.39, 0.29) is 6.42 Å². The predicted octanol–water partition coefficient (Wildman–Crippen LogP) is 3.20. The van der Waals surface area contributed by atoms with Crippen molar-refractivity contribution in [3.8, 4) is 6.07 Å². The molecule has 6 heteroatoms. The molecule has 0 unspecified atom stereocenters. The number of carbonyl (C=O) groups is 2. The van der Waals surface area contributed by atoms with Crippen molar-refractivity contribution in [2.24, 2.45) is 0 Å². The number of hydrogen-bond donors (Lipinski definition) is 0. The first kappa shape index (κ1) is 17.3. The van der Waals surface area contributed by atoms with Crippen molar-refractivity contribution >= 4 is 11.8 Å². The Morgan fingerprint density at radius 1 is 1.08 bits per heavy atom. The van der Waals surface area contributed by atoms with Crippen molar-refractivity contribution in [2.75, 3.05) is 6.61 Å². The molecule has 0 aromatic heterocycles. The van der Waals surface area contributed by atoms with Gasteiger partial charge < -0.3 is 4.74 Å². The topological polar surface area (TPSA) is 67.2 Å². The van der Waals surface area contributed by atoms with Gasteiger partial charge >= 0.3 is 5.97 Å². The van der Waals surface area contributed by atoms with Gasteiger partial charge in [0.2, 0.25) is 5.78 Å². The summed E-state index contributed by atoms with van der Waals surface area (Å²) in [6.45, 7) is -0.646. The molecule has 0 bridgehead atoms. The number of rotatable bonds is 6. The average Bonchev–Trinajstić information content (AvgIpc) is 2.60. The van der Waals surface area contributed by atoms with Crippen molar-refractivity contribution in [1.29, 1.82) is 5.26 Å². The Kier molecular flexibility index (Phi) is 5.74. The van der Waals surface area contributed by atoms with Crippen molar-refractivity contribution in [2.45, 2.75) is 12.8 Å². The molecule has 0 aliphatic carbocycles. The summed E-state index contributed by atoms with van der Waals surface area (Å²) in [5.74, 6) is -3.04. The summed E-state index contributed by atoms with van der Waals surface area (Å²) in [7, 11) is 0. The Labute approximate surface area is 137 Å². The summed E-state index contributed by atoms with van der Waals surface area (Å²) >= 11 is 0. The number of benzene rings is 2. The molecule has 0 atom stereocenters. The highest BCUT2D eigenvalue weighted by molar-refractivity contribution is 5.98. The number of aryl methyl sites for hydroxylation is 1. The molecule has 0 saturated heterocycles. The molecule has 4 nitrogen and oxygen atoms in total. The van der Waals surface area contributed by atoms with Crippen LogP contribution in [0, 0.1) is 23.0 Å². The number of ketones is 1. The van der Waals surface area contributed by atoms with Crippen molar-refractivity contribution in [1.82, 2.24) is 0 Å². The molecule has 0 heterocycles. The fraction of sp³-hybridized carbons (Fsp3) is 0.167. The third-order valence-electron chi connectivity index (χ3n) is 3.29. The van der Waals surface area contributed by atoms with Gasteiger partial charge in [-0.25, -0.2) is 8.78 Å². The summed E-state index contributed by atoms with van der Waals surface area (Å²) < 4.78 is 31.2. The molecule has 2 rings (SSSR count). The zero-order valence-corrected chi connectivity index (χ0v) is 12.6. The van der Waals surface area contributed by atoms with Crippen LogP contribution >= 0.6 is 0 Å². The summed E-state index contributed by atoms with van der Waals surface area (Å²) in [6.07, 6.45) is 0.415. The number of nitriles is 1. The summed E-state index contributed by atoms with van der Waals surface area (Å²) in [4.78, 5) is 23.4. The molecule has 0 amide bonds. The molecular formula is C18H13F2NO3. The van der Waals surface area contributed by atoms with Crippen LogP contribution in [0.15, 0.2) is 42.5 Å². The minimum Gasteiger partial charge on any atom is -0.457 e. The molecule has 0 aliphatic rings. The summed E-state index contributed by atoms with van der Waals surface area (Å²) in [6, 6.07) is 11.2. The minimum atomic E-state index is -0.866. The van der Waals surface area contributed by atoms with Gasteiger partial charge in [-0.2, -0.15) is 5.26 Å². The lowest BCUT2D eigenvalue weighted by Crippen LogP contribution is -2.15. The lowest BCUT2D eigenvalue weighted by Gasteiger charge is -2.06. The second-order valence-corrected chi connectivity index (χ2v) is 5.02. The Morgan fingerprint density at radius 2 is 1.79 bits per heavy atom. The van der Waals surface area contributed by atoms with Crippen LogP contribution in [-0.4, -0.2) is 18.4 Å². The average molecular weight is 329 g/mol. The van der Waals surface area contributed by atoms with Gasteiger partial charge in [0.15, 0.2) is 6.61 Å². The van der Waals surface area contributed by atoms with Crippen LogP contribution in [0.2, 0.25) is 0 Å². The molecule has 24 heavy (non-hydrogen) atoms. The number of halogens is 2. The van der Waals surface area contributed by atoms with Gasteiger partial charge in [0, 0.05) is 6.42 Å². The van der Waals surface area contributed by atoms with Crippen LogP contribution in [0.4, 0.5) is 8.78 Å². The largest absolute Gasteiger partial charge is 0.457 e. The molecule has 0 spiro atoms. The quantitative estimate of drug-likeness (QED) is 0.603. The lowest BCUT2D eigenvalue weighted by atomic mass is 10.1. The Hall–Kier alpha value is -3.07. The van der Waals surface area contributed by atoms with Crippen LogP contribution in [-0.2, 0) is 16.0 Å².